The Hall–Kier alpha value is -3.83. The summed E-state index contributed by atoms with van der Waals surface area (Å²) >= 11 is 5.97. The normalized spacial score (nSPS) is 10.6. The van der Waals surface area contributed by atoms with Crippen molar-refractivity contribution in [2.24, 2.45) is 7.05 Å². The number of carbonyl (C=O) groups is 2. The Labute approximate surface area is 198 Å². The third kappa shape index (κ3) is 4.99. The predicted octanol–water partition coefficient (Wildman–Crippen LogP) is 6.46. The first-order chi connectivity index (χ1) is 15.9. The second kappa shape index (κ2) is 9.76. The zero-order valence-electron chi connectivity index (χ0n) is 18.5. The molecule has 166 valence electrons. The van der Waals surface area contributed by atoms with Gasteiger partial charge in [-0.15, -0.1) is 0 Å². The van der Waals surface area contributed by atoms with Crippen LogP contribution in [-0.2, 0) is 13.6 Å². The fourth-order valence-electron chi connectivity index (χ4n) is 3.81. The molecule has 1 aromatic heterocycles. The van der Waals surface area contributed by atoms with Crippen molar-refractivity contribution in [3.63, 3.8) is 0 Å². The summed E-state index contributed by atoms with van der Waals surface area (Å²) in [4.78, 5) is 28.1. The second-order valence-electron chi connectivity index (χ2n) is 7.78. The van der Waals surface area contributed by atoms with Gasteiger partial charge in [-0.3, -0.25) is 9.69 Å². The van der Waals surface area contributed by atoms with Crippen LogP contribution in [0.4, 0.5) is 16.2 Å². The number of halogens is 1. The third-order valence-corrected chi connectivity index (χ3v) is 5.75. The number of para-hydroxylation sites is 2. The van der Waals surface area contributed by atoms with Gasteiger partial charge in [0, 0.05) is 34.7 Å². The average molecular weight is 458 g/mol. The molecule has 3 aromatic carbocycles. The lowest BCUT2D eigenvalue weighted by Crippen LogP contribution is -2.35. The van der Waals surface area contributed by atoms with E-state index in [9.17, 15) is 9.59 Å². The highest BCUT2D eigenvalue weighted by atomic mass is 35.5. The maximum Gasteiger partial charge on any atom is 0.326 e. The van der Waals surface area contributed by atoms with Crippen LogP contribution in [0, 0.1) is 6.92 Å². The number of benzene rings is 3. The monoisotopic (exact) mass is 457 g/mol. The van der Waals surface area contributed by atoms with Gasteiger partial charge in [-0.1, -0.05) is 48.0 Å². The van der Waals surface area contributed by atoms with Gasteiger partial charge in [0.05, 0.1) is 12.2 Å². The molecule has 0 aliphatic carbocycles. The Morgan fingerprint density at radius 2 is 1.52 bits per heavy atom. The largest absolute Gasteiger partial charge is 0.343 e. The van der Waals surface area contributed by atoms with Crippen LogP contribution in [0.3, 0.4) is 0 Å². The van der Waals surface area contributed by atoms with Crippen LogP contribution in [0.25, 0.3) is 0 Å². The number of nitrogens with one attached hydrogen (secondary N) is 1. The van der Waals surface area contributed by atoms with Crippen molar-refractivity contribution in [2.45, 2.75) is 13.5 Å². The Kier molecular flexibility index (Phi) is 6.61. The molecule has 0 saturated carbocycles. The maximum absolute atomic E-state index is 13.2. The lowest BCUT2D eigenvalue weighted by atomic mass is 10.1. The van der Waals surface area contributed by atoms with E-state index in [2.05, 4.69) is 5.32 Å². The second-order valence-corrected chi connectivity index (χ2v) is 8.22. The van der Waals surface area contributed by atoms with Crippen molar-refractivity contribution < 1.29 is 9.59 Å². The molecule has 6 heteroatoms. The van der Waals surface area contributed by atoms with Gasteiger partial charge in [-0.25, -0.2) is 4.79 Å². The molecule has 0 saturated heterocycles. The Morgan fingerprint density at radius 1 is 0.909 bits per heavy atom. The maximum atomic E-state index is 13.2. The van der Waals surface area contributed by atoms with Gasteiger partial charge < -0.3 is 9.88 Å². The van der Waals surface area contributed by atoms with Gasteiger partial charge >= 0.3 is 6.03 Å². The topological polar surface area (TPSA) is 54.3 Å². The third-order valence-electron chi connectivity index (χ3n) is 5.50. The smallest absolute Gasteiger partial charge is 0.326 e. The molecular weight excluding hydrogens is 434 g/mol. The predicted molar refractivity (Wildman–Crippen MR) is 133 cm³/mol. The Bertz CT molecular complexity index is 1270. The van der Waals surface area contributed by atoms with Crippen molar-refractivity contribution in [3.05, 3.63) is 119 Å². The number of aromatic nitrogens is 1. The van der Waals surface area contributed by atoms with E-state index in [0.717, 1.165) is 16.9 Å². The van der Waals surface area contributed by atoms with Gasteiger partial charge in [-0.2, -0.15) is 0 Å². The van der Waals surface area contributed by atoms with E-state index in [4.69, 9.17) is 11.6 Å². The van der Waals surface area contributed by atoms with Crippen molar-refractivity contribution >= 4 is 34.8 Å². The molecule has 5 nitrogen and oxygen atoms in total. The summed E-state index contributed by atoms with van der Waals surface area (Å²) in [6, 6.07) is 27.4. The van der Waals surface area contributed by atoms with E-state index < -0.39 is 0 Å². The lowest BCUT2D eigenvalue weighted by Gasteiger charge is -2.24. The first-order valence-electron chi connectivity index (χ1n) is 10.6. The van der Waals surface area contributed by atoms with E-state index in [1.165, 1.54) is 0 Å². The molecule has 0 bridgehead atoms. The van der Waals surface area contributed by atoms with Gasteiger partial charge in [-0.05, 0) is 67.1 Å². The lowest BCUT2D eigenvalue weighted by molar-refractivity contribution is 0.103. The molecule has 0 spiro atoms. The average Bonchev–Trinajstić information content (AvgIpc) is 3.11. The number of urea groups is 1. The van der Waals surface area contributed by atoms with Crippen molar-refractivity contribution in [3.8, 4) is 0 Å². The number of nitrogens with zero attached hydrogens (tertiary/aromatic N) is 2. The van der Waals surface area contributed by atoms with Crippen LogP contribution in [0.1, 0.15) is 27.3 Å². The van der Waals surface area contributed by atoms with Gasteiger partial charge in [0.2, 0.25) is 5.78 Å². The number of rotatable bonds is 6. The molecule has 1 heterocycles. The van der Waals surface area contributed by atoms with Gasteiger partial charge in [0.25, 0.3) is 0 Å². The first-order valence-corrected chi connectivity index (χ1v) is 11.0. The zero-order chi connectivity index (χ0) is 23.4. The molecule has 0 fully saturated rings. The van der Waals surface area contributed by atoms with Gasteiger partial charge in [0.1, 0.15) is 0 Å². The summed E-state index contributed by atoms with van der Waals surface area (Å²) < 4.78 is 1.86. The summed E-state index contributed by atoms with van der Waals surface area (Å²) in [5, 5.41) is 3.54. The molecular formula is C27H24ClN3O2. The van der Waals surface area contributed by atoms with Crippen LogP contribution in [0.2, 0.25) is 5.02 Å². The molecule has 0 atom stereocenters. The SMILES string of the molecule is Cc1cc(CN(C(=O)Nc2ccccc2)c2ccccc2)n(C)c1C(=O)c1ccc(Cl)cc1. The summed E-state index contributed by atoms with van der Waals surface area (Å²) in [6.45, 7) is 2.21. The van der Waals surface area contributed by atoms with Crippen LogP contribution >= 0.6 is 11.6 Å². The number of ketones is 1. The minimum atomic E-state index is -0.253. The highest BCUT2D eigenvalue weighted by Gasteiger charge is 2.22. The van der Waals surface area contributed by atoms with Crippen molar-refractivity contribution in [2.75, 3.05) is 10.2 Å². The van der Waals surface area contributed by atoms with Crippen LogP contribution in [-0.4, -0.2) is 16.4 Å². The first kappa shape index (κ1) is 22.4. The molecule has 0 aliphatic heterocycles. The number of hydrogen-bond acceptors (Lipinski definition) is 2. The molecule has 4 aromatic rings. The van der Waals surface area contributed by atoms with Crippen LogP contribution < -0.4 is 10.2 Å². The number of carbonyl (C=O) groups excluding carboxylic acids is 2. The molecule has 1 N–H and O–H groups in total. The number of aryl methyl sites for hydroxylation is 1. The number of hydrogen-bond donors (Lipinski definition) is 1. The minimum absolute atomic E-state index is 0.0853. The molecule has 0 aliphatic rings. The van der Waals surface area contributed by atoms with E-state index in [-0.39, 0.29) is 11.8 Å². The number of amides is 2. The Balaban J connectivity index is 1.65. The summed E-state index contributed by atoms with van der Waals surface area (Å²) in [7, 11) is 1.85. The highest BCUT2D eigenvalue weighted by Crippen LogP contribution is 2.24. The van der Waals surface area contributed by atoms with Crippen molar-refractivity contribution in [1.82, 2.24) is 4.57 Å². The summed E-state index contributed by atoms with van der Waals surface area (Å²) in [6.07, 6.45) is 0. The number of anilines is 2. The standard InChI is InChI=1S/C27H24ClN3O2/c1-19-17-24(30(2)25(19)26(32)20-13-15-21(28)16-14-20)18-31(23-11-7-4-8-12-23)27(33)29-22-9-5-3-6-10-22/h3-17H,18H2,1-2H3,(H,29,33). The van der Waals surface area contributed by atoms with Gasteiger partial charge in [0.15, 0.2) is 0 Å². The Morgan fingerprint density at radius 3 is 2.15 bits per heavy atom. The zero-order valence-corrected chi connectivity index (χ0v) is 19.2. The van der Waals surface area contributed by atoms with Crippen molar-refractivity contribution in [1.29, 1.82) is 0 Å². The molecule has 0 radical (unpaired) electrons. The quantitative estimate of drug-likeness (QED) is 0.338. The van der Waals surface area contributed by atoms with E-state index in [1.807, 2.05) is 85.3 Å². The summed E-state index contributed by atoms with van der Waals surface area (Å²) in [5.41, 5.74) is 4.32. The van der Waals surface area contributed by atoms with Crippen LogP contribution in [0.5, 0.6) is 0 Å². The highest BCUT2D eigenvalue weighted by molar-refractivity contribution is 6.30. The minimum Gasteiger partial charge on any atom is -0.343 e. The van der Waals surface area contributed by atoms with E-state index in [0.29, 0.717) is 28.5 Å². The molecule has 33 heavy (non-hydrogen) atoms. The van der Waals surface area contributed by atoms with E-state index in [1.54, 1.807) is 29.2 Å². The summed E-state index contributed by atoms with van der Waals surface area (Å²) in [5.74, 6) is -0.0853. The van der Waals surface area contributed by atoms with E-state index >= 15 is 0 Å². The fraction of sp³-hybridized carbons (Fsp3) is 0.111. The molecule has 4 rings (SSSR count). The molecule has 0 unspecified atom stereocenters. The van der Waals surface area contributed by atoms with Crippen LogP contribution in [0.15, 0.2) is 91.0 Å². The molecule has 2 amide bonds. The fourth-order valence-corrected chi connectivity index (χ4v) is 3.93.